The summed E-state index contributed by atoms with van der Waals surface area (Å²) in [6.07, 6.45) is 4.58. The number of hydrogen-bond acceptors (Lipinski definition) is 5. The molecule has 2 aromatic rings. The van der Waals surface area contributed by atoms with Crippen LogP contribution < -0.4 is 5.73 Å². The molecule has 7 heteroatoms. The fraction of sp³-hybridized carbons (Fsp3) is 0.556. The third-order valence-corrected chi connectivity index (χ3v) is 2.21. The molecule has 0 unspecified atom stereocenters. The van der Waals surface area contributed by atoms with Gasteiger partial charge in [0.25, 0.3) is 0 Å². The highest BCUT2D eigenvalue weighted by atomic mass is 15.4. The molecule has 0 aliphatic carbocycles. The van der Waals surface area contributed by atoms with Crippen molar-refractivity contribution in [3.63, 3.8) is 0 Å². The van der Waals surface area contributed by atoms with Crippen LogP contribution in [0.4, 0.5) is 0 Å². The molecule has 0 amide bonds. The maximum absolute atomic E-state index is 5.44. The molecule has 0 atom stereocenters. The highest BCUT2D eigenvalue weighted by Gasteiger charge is 2.10. The molecule has 0 saturated heterocycles. The molecule has 0 bridgehead atoms. The summed E-state index contributed by atoms with van der Waals surface area (Å²) in [4.78, 5) is 0. The van der Waals surface area contributed by atoms with Crippen molar-refractivity contribution in [2.24, 2.45) is 5.73 Å². The van der Waals surface area contributed by atoms with Crippen LogP contribution in [0.2, 0.25) is 0 Å². The number of aryl methyl sites for hydroxylation is 1. The average Bonchev–Trinajstić information content (AvgIpc) is 2.87. The van der Waals surface area contributed by atoms with Crippen LogP contribution in [-0.2, 0) is 13.1 Å². The summed E-state index contributed by atoms with van der Waals surface area (Å²) in [5, 5.41) is 16.0. The van der Waals surface area contributed by atoms with E-state index in [0.717, 1.165) is 24.5 Å². The van der Waals surface area contributed by atoms with Gasteiger partial charge in [0.2, 0.25) is 0 Å². The second kappa shape index (κ2) is 4.84. The zero-order valence-corrected chi connectivity index (χ0v) is 9.24. The van der Waals surface area contributed by atoms with E-state index in [4.69, 9.17) is 5.73 Å². The standard InChI is InChI=1S/C9H15N7/c1-2-4-15-7-11-13-9(15)8-6-16(5-3-10)14-12-8/h6-7H,2-5,10H2,1H3. The Bertz CT molecular complexity index is 444. The Balaban J connectivity index is 2.24. The van der Waals surface area contributed by atoms with Crippen LogP contribution in [-0.4, -0.2) is 36.3 Å². The van der Waals surface area contributed by atoms with Gasteiger partial charge in [-0.15, -0.1) is 15.3 Å². The number of nitrogens with two attached hydrogens (primary N) is 1. The Morgan fingerprint density at radius 2 is 2.19 bits per heavy atom. The summed E-state index contributed by atoms with van der Waals surface area (Å²) in [7, 11) is 0. The zero-order valence-electron chi connectivity index (χ0n) is 9.24. The third kappa shape index (κ3) is 2.08. The van der Waals surface area contributed by atoms with Gasteiger partial charge in [0.15, 0.2) is 11.5 Å². The summed E-state index contributed by atoms with van der Waals surface area (Å²) < 4.78 is 3.68. The molecule has 7 nitrogen and oxygen atoms in total. The lowest BCUT2D eigenvalue weighted by molar-refractivity contribution is 0.598. The SMILES string of the molecule is CCCn1cnnc1-c1cn(CCN)nn1. The van der Waals surface area contributed by atoms with Crippen LogP contribution >= 0.6 is 0 Å². The molecule has 0 radical (unpaired) electrons. The van der Waals surface area contributed by atoms with Crippen LogP contribution in [0.3, 0.4) is 0 Å². The van der Waals surface area contributed by atoms with Gasteiger partial charge >= 0.3 is 0 Å². The highest BCUT2D eigenvalue weighted by Crippen LogP contribution is 2.12. The van der Waals surface area contributed by atoms with Crippen molar-refractivity contribution in [1.82, 2.24) is 29.8 Å². The van der Waals surface area contributed by atoms with Gasteiger partial charge in [-0.25, -0.2) is 0 Å². The van der Waals surface area contributed by atoms with Gasteiger partial charge in [-0.05, 0) is 6.42 Å². The molecule has 2 aromatic heterocycles. The first-order valence-electron chi connectivity index (χ1n) is 5.33. The zero-order chi connectivity index (χ0) is 11.4. The lowest BCUT2D eigenvalue weighted by Gasteiger charge is -2.00. The maximum Gasteiger partial charge on any atom is 0.185 e. The minimum Gasteiger partial charge on any atom is -0.329 e. The molecule has 16 heavy (non-hydrogen) atoms. The Labute approximate surface area is 93.3 Å². The van der Waals surface area contributed by atoms with Crippen molar-refractivity contribution in [3.8, 4) is 11.5 Å². The summed E-state index contributed by atoms with van der Waals surface area (Å²) in [5.74, 6) is 0.755. The quantitative estimate of drug-likeness (QED) is 0.762. The van der Waals surface area contributed by atoms with Gasteiger partial charge in [-0.3, -0.25) is 4.68 Å². The molecule has 0 aliphatic heterocycles. The Morgan fingerprint density at radius 1 is 1.31 bits per heavy atom. The first kappa shape index (κ1) is 10.7. The van der Waals surface area contributed by atoms with Crippen molar-refractivity contribution < 1.29 is 0 Å². The first-order valence-corrected chi connectivity index (χ1v) is 5.33. The van der Waals surface area contributed by atoms with E-state index < -0.39 is 0 Å². The number of aromatic nitrogens is 6. The van der Waals surface area contributed by atoms with Crippen molar-refractivity contribution in [2.75, 3.05) is 6.54 Å². The molecular formula is C9H15N7. The van der Waals surface area contributed by atoms with E-state index in [1.54, 1.807) is 11.0 Å². The summed E-state index contributed by atoms with van der Waals surface area (Å²) in [5.41, 5.74) is 6.18. The molecule has 86 valence electrons. The summed E-state index contributed by atoms with van der Waals surface area (Å²) in [6.45, 7) is 4.19. The Kier molecular flexibility index (Phi) is 3.25. The van der Waals surface area contributed by atoms with Crippen LogP contribution in [0.25, 0.3) is 11.5 Å². The van der Waals surface area contributed by atoms with Gasteiger partial charge in [-0.2, -0.15) is 0 Å². The van der Waals surface area contributed by atoms with Gasteiger partial charge in [0, 0.05) is 13.1 Å². The van der Waals surface area contributed by atoms with Crippen molar-refractivity contribution in [2.45, 2.75) is 26.4 Å². The maximum atomic E-state index is 5.44. The fourth-order valence-electron chi connectivity index (χ4n) is 1.50. The van der Waals surface area contributed by atoms with Gasteiger partial charge in [-0.1, -0.05) is 12.1 Å². The van der Waals surface area contributed by atoms with E-state index >= 15 is 0 Å². The van der Waals surface area contributed by atoms with E-state index in [-0.39, 0.29) is 0 Å². The fourth-order valence-corrected chi connectivity index (χ4v) is 1.50. The van der Waals surface area contributed by atoms with Crippen molar-refractivity contribution >= 4 is 0 Å². The first-order chi connectivity index (χ1) is 7.85. The lowest BCUT2D eigenvalue weighted by atomic mass is 10.4. The normalized spacial score (nSPS) is 10.9. The number of hydrogen-bond donors (Lipinski definition) is 1. The van der Waals surface area contributed by atoms with E-state index in [1.165, 1.54) is 0 Å². The number of rotatable bonds is 5. The Morgan fingerprint density at radius 3 is 2.94 bits per heavy atom. The van der Waals surface area contributed by atoms with Crippen molar-refractivity contribution in [1.29, 1.82) is 0 Å². The lowest BCUT2D eigenvalue weighted by Crippen LogP contribution is -2.10. The van der Waals surface area contributed by atoms with Gasteiger partial charge in [0.05, 0.1) is 12.7 Å². The summed E-state index contributed by atoms with van der Waals surface area (Å²) in [6, 6.07) is 0. The van der Waals surface area contributed by atoms with E-state index in [1.807, 2.05) is 10.8 Å². The number of nitrogens with zero attached hydrogens (tertiary/aromatic N) is 6. The predicted molar refractivity (Wildman–Crippen MR) is 58.4 cm³/mol. The van der Waals surface area contributed by atoms with Crippen LogP contribution in [0.15, 0.2) is 12.5 Å². The highest BCUT2D eigenvalue weighted by molar-refractivity contribution is 5.46. The smallest absolute Gasteiger partial charge is 0.185 e. The molecule has 2 N–H and O–H groups in total. The van der Waals surface area contributed by atoms with Crippen LogP contribution in [0, 0.1) is 0 Å². The van der Waals surface area contributed by atoms with E-state index in [0.29, 0.717) is 13.1 Å². The average molecular weight is 221 g/mol. The van der Waals surface area contributed by atoms with E-state index in [2.05, 4.69) is 27.4 Å². The molecule has 0 aromatic carbocycles. The largest absolute Gasteiger partial charge is 0.329 e. The van der Waals surface area contributed by atoms with Crippen LogP contribution in [0.1, 0.15) is 13.3 Å². The third-order valence-electron chi connectivity index (χ3n) is 2.21. The minimum absolute atomic E-state index is 0.546. The molecule has 2 heterocycles. The second-order valence-corrected chi connectivity index (χ2v) is 3.50. The van der Waals surface area contributed by atoms with Gasteiger partial charge < -0.3 is 10.3 Å². The van der Waals surface area contributed by atoms with Crippen LogP contribution in [0.5, 0.6) is 0 Å². The molecule has 0 spiro atoms. The van der Waals surface area contributed by atoms with Gasteiger partial charge in [0.1, 0.15) is 6.33 Å². The second-order valence-electron chi connectivity index (χ2n) is 3.50. The molecule has 0 fully saturated rings. The molecule has 2 rings (SSSR count). The summed E-state index contributed by atoms with van der Waals surface area (Å²) >= 11 is 0. The minimum atomic E-state index is 0.546. The molecule has 0 saturated carbocycles. The monoisotopic (exact) mass is 221 g/mol. The molecular weight excluding hydrogens is 206 g/mol. The topological polar surface area (TPSA) is 87.4 Å². The van der Waals surface area contributed by atoms with E-state index in [9.17, 15) is 0 Å². The van der Waals surface area contributed by atoms with Crippen molar-refractivity contribution in [3.05, 3.63) is 12.5 Å². The Hall–Kier alpha value is -1.76. The predicted octanol–water partition coefficient (Wildman–Crippen LogP) is -0.0947. The molecule has 0 aliphatic rings.